The molecule has 0 fully saturated rings. The molecular formula is C13H11ClN4OS2. The minimum absolute atomic E-state index is 0.209. The van der Waals surface area contributed by atoms with E-state index in [1.54, 1.807) is 16.9 Å². The summed E-state index contributed by atoms with van der Waals surface area (Å²) in [6, 6.07) is 5.44. The second-order valence-corrected chi connectivity index (χ2v) is 6.70. The monoisotopic (exact) mass is 338 g/mol. The van der Waals surface area contributed by atoms with Gasteiger partial charge in [0.25, 0.3) is 5.91 Å². The Labute approximate surface area is 134 Å². The molecule has 0 saturated carbocycles. The van der Waals surface area contributed by atoms with Gasteiger partial charge >= 0.3 is 0 Å². The molecule has 0 aliphatic carbocycles. The highest BCUT2D eigenvalue weighted by Gasteiger charge is 2.14. The molecule has 3 aromatic rings. The Kier molecular flexibility index (Phi) is 4.05. The van der Waals surface area contributed by atoms with Crippen LogP contribution in [0.15, 0.2) is 29.8 Å². The van der Waals surface area contributed by atoms with Gasteiger partial charge in [-0.2, -0.15) is 5.10 Å². The van der Waals surface area contributed by atoms with Gasteiger partial charge in [-0.3, -0.25) is 14.8 Å². The van der Waals surface area contributed by atoms with E-state index >= 15 is 0 Å². The molecule has 0 bridgehead atoms. The number of nitrogens with one attached hydrogen (secondary N) is 1. The third-order valence-corrected chi connectivity index (χ3v) is 4.81. The van der Waals surface area contributed by atoms with Gasteiger partial charge < -0.3 is 0 Å². The van der Waals surface area contributed by atoms with Crippen molar-refractivity contribution in [1.29, 1.82) is 0 Å². The second kappa shape index (κ2) is 5.97. The zero-order valence-corrected chi connectivity index (χ0v) is 13.4. The van der Waals surface area contributed by atoms with Crippen LogP contribution in [0.25, 0.3) is 10.6 Å². The smallest absolute Gasteiger partial charge is 0.275 e. The number of rotatable bonds is 4. The molecule has 8 heteroatoms. The number of carbonyl (C=O) groups excluding carboxylic acids is 1. The summed E-state index contributed by atoms with van der Waals surface area (Å²) in [4.78, 5) is 17.6. The maximum Gasteiger partial charge on any atom is 0.275 e. The summed E-state index contributed by atoms with van der Waals surface area (Å²) < 4.78 is 2.36. The number of nitrogens with zero attached hydrogens (tertiary/aromatic N) is 3. The number of hydrogen-bond donors (Lipinski definition) is 1. The molecule has 1 amide bonds. The fraction of sp³-hybridized carbons (Fsp3) is 0.154. The molecule has 0 radical (unpaired) electrons. The first-order valence-corrected chi connectivity index (χ1v) is 8.29. The van der Waals surface area contributed by atoms with Gasteiger partial charge in [0.05, 0.1) is 14.9 Å². The highest BCUT2D eigenvalue weighted by atomic mass is 35.5. The number of halogens is 1. The van der Waals surface area contributed by atoms with Gasteiger partial charge in [-0.1, -0.05) is 11.6 Å². The number of anilines is 1. The number of hydrogen-bond acceptors (Lipinski definition) is 5. The lowest BCUT2D eigenvalue weighted by Crippen LogP contribution is -2.17. The maximum absolute atomic E-state index is 12.2. The van der Waals surface area contributed by atoms with Crippen molar-refractivity contribution in [3.63, 3.8) is 0 Å². The van der Waals surface area contributed by atoms with Crippen molar-refractivity contribution >= 4 is 45.3 Å². The molecule has 0 aliphatic heterocycles. The van der Waals surface area contributed by atoms with E-state index in [1.807, 2.05) is 24.4 Å². The van der Waals surface area contributed by atoms with Crippen LogP contribution in [0, 0.1) is 0 Å². The molecule has 3 aromatic heterocycles. The number of thiophene rings is 1. The molecule has 3 heterocycles. The van der Waals surface area contributed by atoms with Crippen LogP contribution < -0.4 is 5.32 Å². The minimum atomic E-state index is -0.209. The number of aryl methyl sites for hydroxylation is 1. The van der Waals surface area contributed by atoms with Crippen molar-refractivity contribution in [1.82, 2.24) is 14.8 Å². The Morgan fingerprint density at radius 2 is 2.29 bits per heavy atom. The van der Waals surface area contributed by atoms with Crippen LogP contribution in [-0.4, -0.2) is 20.7 Å². The topological polar surface area (TPSA) is 59.8 Å². The summed E-state index contributed by atoms with van der Waals surface area (Å²) in [5.41, 5.74) is 1.34. The van der Waals surface area contributed by atoms with Crippen molar-refractivity contribution in [2.75, 3.05) is 5.32 Å². The first-order chi connectivity index (χ1) is 10.2. The van der Waals surface area contributed by atoms with Gasteiger partial charge in [0.2, 0.25) is 0 Å². The van der Waals surface area contributed by atoms with Crippen LogP contribution in [0.2, 0.25) is 4.34 Å². The Morgan fingerprint density at radius 3 is 3.00 bits per heavy atom. The average molecular weight is 339 g/mol. The van der Waals surface area contributed by atoms with E-state index in [0.29, 0.717) is 17.4 Å². The molecule has 5 nitrogen and oxygen atoms in total. The van der Waals surface area contributed by atoms with Crippen molar-refractivity contribution in [3.05, 3.63) is 39.8 Å². The van der Waals surface area contributed by atoms with Crippen LogP contribution in [0.5, 0.6) is 0 Å². The molecule has 108 valence electrons. The highest BCUT2D eigenvalue weighted by molar-refractivity contribution is 7.20. The van der Waals surface area contributed by atoms with E-state index < -0.39 is 0 Å². The van der Waals surface area contributed by atoms with Crippen LogP contribution in [0.3, 0.4) is 0 Å². The second-order valence-electron chi connectivity index (χ2n) is 4.13. The third-order valence-electron chi connectivity index (χ3n) is 2.80. The molecule has 0 spiro atoms. The first kappa shape index (κ1) is 14.2. The van der Waals surface area contributed by atoms with Gasteiger partial charge in [0, 0.05) is 18.1 Å². The van der Waals surface area contributed by atoms with Crippen molar-refractivity contribution < 1.29 is 4.79 Å². The summed E-state index contributed by atoms with van der Waals surface area (Å²) in [5, 5.41) is 9.33. The number of thiazole rings is 1. The Bertz CT molecular complexity index is 777. The predicted molar refractivity (Wildman–Crippen MR) is 86.3 cm³/mol. The predicted octanol–water partition coefficient (Wildman–Crippen LogP) is 3.99. The molecule has 21 heavy (non-hydrogen) atoms. The van der Waals surface area contributed by atoms with E-state index in [1.165, 1.54) is 22.7 Å². The number of aromatic nitrogens is 3. The van der Waals surface area contributed by atoms with Crippen molar-refractivity contribution in [2.45, 2.75) is 13.5 Å². The molecule has 0 saturated heterocycles. The fourth-order valence-corrected chi connectivity index (χ4v) is 3.62. The standard InChI is InChI=1S/C13H11ClN4OS2/c1-2-18-9(5-6-15-18)12(19)17-13-16-8(7-20-13)10-3-4-11(14)21-10/h3-7H,2H2,1H3,(H,16,17,19). The van der Waals surface area contributed by atoms with Gasteiger partial charge in [0.15, 0.2) is 5.13 Å². The van der Waals surface area contributed by atoms with E-state index in [9.17, 15) is 4.79 Å². The molecule has 0 aliphatic rings. The zero-order chi connectivity index (χ0) is 14.8. The Morgan fingerprint density at radius 1 is 1.43 bits per heavy atom. The number of amides is 1. The minimum Gasteiger partial charge on any atom is -0.296 e. The normalized spacial score (nSPS) is 10.8. The summed E-state index contributed by atoms with van der Waals surface area (Å²) in [7, 11) is 0. The van der Waals surface area contributed by atoms with E-state index in [2.05, 4.69) is 15.4 Å². The lowest BCUT2D eigenvalue weighted by atomic mass is 10.4. The first-order valence-electron chi connectivity index (χ1n) is 6.21. The third kappa shape index (κ3) is 2.99. The average Bonchev–Trinajstić information content (AvgIpc) is 3.17. The fourth-order valence-electron chi connectivity index (χ4n) is 1.83. The van der Waals surface area contributed by atoms with Crippen molar-refractivity contribution in [3.8, 4) is 10.6 Å². The van der Waals surface area contributed by atoms with Gasteiger partial charge in [-0.25, -0.2) is 4.98 Å². The zero-order valence-electron chi connectivity index (χ0n) is 11.0. The summed E-state index contributed by atoms with van der Waals surface area (Å²) >= 11 is 8.76. The van der Waals surface area contributed by atoms with E-state index in [4.69, 9.17) is 11.6 Å². The number of carbonyl (C=O) groups is 1. The quantitative estimate of drug-likeness (QED) is 0.782. The van der Waals surface area contributed by atoms with Crippen LogP contribution in [0.4, 0.5) is 5.13 Å². The molecule has 0 unspecified atom stereocenters. The van der Waals surface area contributed by atoms with Crippen molar-refractivity contribution in [2.24, 2.45) is 0 Å². The lowest BCUT2D eigenvalue weighted by molar-refractivity contribution is 0.101. The lowest BCUT2D eigenvalue weighted by Gasteiger charge is -2.03. The van der Waals surface area contributed by atoms with Crippen LogP contribution >= 0.6 is 34.3 Å². The highest BCUT2D eigenvalue weighted by Crippen LogP contribution is 2.32. The van der Waals surface area contributed by atoms with Gasteiger partial charge in [-0.15, -0.1) is 22.7 Å². The van der Waals surface area contributed by atoms with E-state index in [-0.39, 0.29) is 5.91 Å². The molecule has 0 atom stereocenters. The van der Waals surface area contributed by atoms with Crippen LogP contribution in [0.1, 0.15) is 17.4 Å². The molecular weight excluding hydrogens is 328 g/mol. The Balaban J connectivity index is 1.77. The largest absolute Gasteiger partial charge is 0.296 e. The summed E-state index contributed by atoms with van der Waals surface area (Å²) in [5.74, 6) is -0.209. The van der Waals surface area contributed by atoms with Crippen LogP contribution in [-0.2, 0) is 6.54 Å². The van der Waals surface area contributed by atoms with Gasteiger partial charge in [-0.05, 0) is 25.1 Å². The summed E-state index contributed by atoms with van der Waals surface area (Å²) in [6.45, 7) is 2.58. The molecule has 1 N–H and O–H groups in total. The molecule has 0 aromatic carbocycles. The molecule has 3 rings (SSSR count). The van der Waals surface area contributed by atoms with Gasteiger partial charge in [0.1, 0.15) is 5.69 Å². The maximum atomic E-state index is 12.2. The van der Waals surface area contributed by atoms with E-state index in [0.717, 1.165) is 14.9 Å². The Hall–Kier alpha value is -1.70. The SMILES string of the molecule is CCn1nccc1C(=O)Nc1nc(-c2ccc(Cl)s2)cs1. The summed E-state index contributed by atoms with van der Waals surface area (Å²) in [6.07, 6.45) is 1.61.